The van der Waals surface area contributed by atoms with E-state index in [0.29, 0.717) is 77.1 Å². The minimum atomic E-state index is -3.98. The molecule has 1 heterocycles. The van der Waals surface area contributed by atoms with Gasteiger partial charge < -0.3 is 42.3 Å². The first-order valence-corrected chi connectivity index (χ1v) is 54.3. The molecule has 0 saturated heterocycles. The molecule has 0 radical (unpaired) electrons. The van der Waals surface area contributed by atoms with Crippen LogP contribution in [0.3, 0.4) is 0 Å². The average Bonchev–Trinajstić information content (AvgIpc) is 1.58. The minimum Gasteiger partial charge on any atom is -0.453 e. The summed E-state index contributed by atoms with van der Waals surface area (Å²) in [6, 6.07) is 23.0. The Bertz CT molecular complexity index is 6500. The molecule has 28 heteroatoms. The van der Waals surface area contributed by atoms with Crippen LogP contribution in [-0.2, 0) is 134 Å². The Balaban J connectivity index is 0.000000124. The van der Waals surface area contributed by atoms with E-state index in [1.54, 1.807) is 48.5 Å². The van der Waals surface area contributed by atoms with Crippen LogP contribution in [0.1, 0.15) is 319 Å². The fourth-order valence-electron chi connectivity index (χ4n) is 21.5. The van der Waals surface area contributed by atoms with Crippen LogP contribution in [0.4, 0.5) is 72.7 Å². The number of aliphatic hydroxyl groups excluding tert-OH is 1. The lowest BCUT2D eigenvalue weighted by molar-refractivity contribution is -0.116. The molecule has 3 atom stereocenters. The molecular weight excluding hydrogens is 2050 g/mol. The SMILES string of the molecule is C=C(c1cc(F)c2c(c1N)CCC2)C1CC1.CC(C)(C)OC(=O)Nc1ccc(F)c2c1CCC2.CC(c1cc(F)c2c(c1CC(=O)CS(=O)(=O)c1cc(C(C)(C)O)co1)CCC2)C1CC1.CC(c1cc(F)c2c(c1N)CCC2)C1CC1.Fc1ccc(Br)c2c1CCC2.Nc1c(C(=O)C2CC2)cc(F)c2c1CCC2.Nc1ccc(F)c2c1CCC2.O=C1CCc2c(Br)ccc(F)c21.OC1CCc2c(Br)ccc(F)c21. The number of allylic oxidation sites excluding steroid dienone is 1. The number of nitrogens with two attached hydrogens (primary N) is 4. The van der Waals surface area contributed by atoms with Gasteiger partial charge in [-0.25, -0.2) is 52.7 Å². The van der Waals surface area contributed by atoms with Gasteiger partial charge in [0.05, 0.1) is 23.5 Å². The molecule has 13 aliphatic carbocycles. The Morgan fingerprint density at radius 1 is 0.462 bits per heavy atom. The van der Waals surface area contributed by atoms with Crippen molar-refractivity contribution >= 4 is 115 Å². The molecule has 4 saturated carbocycles. The highest BCUT2D eigenvalue weighted by molar-refractivity contribution is 9.11. The number of sulfone groups is 1. The van der Waals surface area contributed by atoms with Gasteiger partial charge in [0.25, 0.3) is 0 Å². The minimum absolute atomic E-state index is 0.0205. The van der Waals surface area contributed by atoms with Crippen LogP contribution in [0, 0.1) is 76.0 Å². The normalized spacial score (nSPS) is 17.4. The summed E-state index contributed by atoms with van der Waals surface area (Å²) in [5.41, 5.74) is 46.3. The van der Waals surface area contributed by atoms with Crippen LogP contribution in [0.2, 0.25) is 0 Å². The zero-order valence-corrected chi connectivity index (χ0v) is 87.7. The van der Waals surface area contributed by atoms with Crippen molar-refractivity contribution in [3.05, 3.63) is 303 Å². The van der Waals surface area contributed by atoms with E-state index in [0.717, 1.165) is 303 Å². The molecule has 762 valence electrons. The first kappa shape index (κ1) is 107. The Hall–Kier alpha value is -9.84. The van der Waals surface area contributed by atoms with E-state index in [4.69, 9.17) is 32.1 Å². The molecule has 0 aliphatic heterocycles. The summed E-state index contributed by atoms with van der Waals surface area (Å²) in [6.07, 6.45) is 30.2. The molecule has 15 nitrogen and oxygen atoms in total. The van der Waals surface area contributed by atoms with E-state index in [9.17, 15) is 77.3 Å². The third-order valence-corrected chi connectivity index (χ3v) is 33.7. The number of carbonyl (C=O) groups excluding carboxylic acids is 4. The van der Waals surface area contributed by atoms with Gasteiger partial charge >= 0.3 is 6.09 Å². The Morgan fingerprint density at radius 3 is 1.38 bits per heavy atom. The monoisotopic (exact) mass is 2180 g/mol. The van der Waals surface area contributed by atoms with Crippen LogP contribution in [0.15, 0.2) is 127 Å². The Morgan fingerprint density at radius 2 is 0.881 bits per heavy atom. The smallest absolute Gasteiger partial charge is 0.412 e. The number of nitrogens with one attached hydrogen (secondary N) is 1. The third-order valence-electron chi connectivity index (χ3n) is 29.9. The summed E-state index contributed by atoms with van der Waals surface area (Å²) in [5.74, 6) is -0.265. The van der Waals surface area contributed by atoms with Gasteiger partial charge in [-0.1, -0.05) is 68.2 Å². The topological polar surface area (TPSA) is 281 Å². The predicted octanol–water partition coefficient (Wildman–Crippen LogP) is 27.4. The fourth-order valence-corrected chi connectivity index (χ4v) is 24.3. The first-order valence-electron chi connectivity index (χ1n) is 50.2. The highest BCUT2D eigenvalue weighted by atomic mass is 79.9. The predicted molar refractivity (Wildman–Crippen MR) is 554 cm³/mol. The van der Waals surface area contributed by atoms with Gasteiger partial charge in [0, 0.05) is 88.9 Å². The van der Waals surface area contributed by atoms with E-state index in [1.807, 2.05) is 20.8 Å². The highest BCUT2D eigenvalue weighted by Gasteiger charge is 2.40. The molecule has 23 rings (SSSR count). The number of nitrogen functional groups attached to an aromatic ring is 4. The van der Waals surface area contributed by atoms with Gasteiger partial charge in [-0.3, -0.25) is 19.7 Å². The summed E-state index contributed by atoms with van der Waals surface area (Å²) in [7, 11) is -3.98. The summed E-state index contributed by atoms with van der Waals surface area (Å²) in [6.45, 7) is 16.8. The van der Waals surface area contributed by atoms with Crippen molar-refractivity contribution in [2.24, 2.45) is 23.7 Å². The number of ether oxygens (including phenoxy) is 1. The number of amides is 1. The average molecular weight is 2180 g/mol. The van der Waals surface area contributed by atoms with Crippen LogP contribution in [-0.4, -0.2) is 53.4 Å². The van der Waals surface area contributed by atoms with Crippen molar-refractivity contribution in [2.45, 2.75) is 301 Å². The zero-order chi connectivity index (χ0) is 103. The number of carbonyl (C=O) groups is 4. The van der Waals surface area contributed by atoms with E-state index >= 15 is 0 Å². The van der Waals surface area contributed by atoms with Gasteiger partial charge in [0.2, 0.25) is 14.9 Å². The molecule has 0 bridgehead atoms. The third kappa shape index (κ3) is 25.2. The molecule has 13 aliphatic rings. The molecule has 3 unspecified atom stereocenters. The van der Waals surface area contributed by atoms with E-state index < -0.39 is 50.6 Å². The fraction of sp³-hybridized carbons (Fsp3) is 0.443. The molecule has 10 aromatic rings. The van der Waals surface area contributed by atoms with Crippen molar-refractivity contribution in [1.82, 2.24) is 0 Å². The number of furan rings is 1. The number of fused-ring (bicyclic) bond motifs is 9. The van der Waals surface area contributed by atoms with Gasteiger partial charge in [0.1, 0.15) is 63.7 Å². The number of hydrogen-bond acceptors (Lipinski definition) is 14. The van der Waals surface area contributed by atoms with Crippen molar-refractivity contribution < 1.29 is 86.5 Å². The lowest BCUT2D eigenvalue weighted by Gasteiger charge is -2.20. The van der Waals surface area contributed by atoms with Crippen molar-refractivity contribution in [1.29, 1.82) is 0 Å². The molecule has 1 aromatic heterocycles. The quantitative estimate of drug-likeness (QED) is 0.0286. The van der Waals surface area contributed by atoms with Crippen molar-refractivity contribution in [3.8, 4) is 0 Å². The summed E-state index contributed by atoms with van der Waals surface area (Å²) >= 11 is 10.0. The number of benzene rings is 9. The zero-order valence-electron chi connectivity index (χ0n) is 82.1. The largest absolute Gasteiger partial charge is 0.453 e. The summed E-state index contributed by atoms with van der Waals surface area (Å²) < 4.78 is 161. The standard InChI is InChI=1S/C24H29FO5S.C14H18FNO2.C14H18FN.C14H16FN.C13H14FNO.C9H8BrFO.C9H6BrFO.C9H8BrF.C9H10FN/c1-14(15-7-8-15)20-11-22(25)19-6-4-5-18(19)21(20)10-17(26)13-31(28,29)23-9-16(12-30-23)24(2,3)27;1-14(2,3)18-13(17)16-12-8-7-11(15)9-5-4-6-10(9)12;2*1-8(9-5-6-9)12-7-13(15)10-3-2-4-11(10)14(12)16;14-11-6-10(13(16)7-4-5-7)12(15)9-3-1-2-8(9)11;2*10-6-2-3-7(11)9-5(6)1-4-8(9)12;2*10-8-4-5-9(11)7-3-1-2-6(7)8/h9,11-12,14-15,27H,4-8,10,13H2,1-3H3;7-8H,4-6H2,1-3H3,(H,16,17);7-9H,2-6,16H2,1H3;7,9H,1-6,16H2;6-7H,1-5,15H2;2-3,8,12H,1,4H2;2-3H,1,4H2;4-5H,1-3H2;4-5H,1-3,11H2. The number of hydrogen-bond donors (Lipinski definition) is 7. The summed E-state index contributed by atoms with van der Waals surface area (Å²) in [4.78, 5) is 47.7. The highest BCUT2D eigenvalue weighted by Crippen LogP contribution is 2.51. The van der Waals surface area contributed by atoms with Crippen molar-refractivity contribution in [2.75, 3.05) is 34.0 Å². The van der Waals surface area contributed by atoms with Gasteiger partial charge in [-0.15, -0.1) is 0 Å². The van der Waals surface area contributed by atoms with Crippen LogP contribution < -0.4 is 28.3 Å². The lowest BCUT2D eigenvalue weighted by atomic mass is 9.85. The summed E-state index contributed by atoms with van der Waals surface area (Å²) in [5, 5.41) is 21.8. The maximum atomic E-state index is 14.7. The number of halogens is 12. The first-order chi connectivity index (χ1) is 67.9. The van der Waals surface area contributed by atoms with E-state index in [2.05, 4.69) is 73.5 Å². The van der Waals surface area contributed by atoms with Crippen LogP contribution in [0.5, 0.6) is 0 Å². The number of Topliss-reactive ketones (excluding diaryl/α,β-unsaturated/α-hetero) is 3. The van der Waals surface area contributed by atoms with Gasteiger partial charge in [-0.05, 0) is 466 Å². The second-order valence-electron chi connectivity index (χ2n) is 41.6. The number of ketones is 3. The maximum Gasteiger partial charge on any atom is 0.412 e. The number of aliphatic hydroxyl groups is 2. The molecule has 1 amide bonds. The van der Waals surface area contributed by atoms with Crippen LogP contribution in [0.25, 0.3) is 5.57 Å². The van der Waals surface area contributed by atoms with Gasteiger partial charge in [-0.2, -0.15) is 0 Å². The maximum absolute atomic E-state index is 14.7. The van der Waals surface area contributed by atoms with Crippen molar-refractivity contribution in [3.63, 3.8) is 0 Å². The van der Waals surface area contributed by atoms with E-state index in [1.165, 1.54) is 93.8 Å². The second kappa shape index (κ2) is 45.2. The molecule has 9 aromatic carbocycles. The molecule has 143 heavy (non-hydrogen) atoms. The van der Waals surface area contributed by atoms with Crippen LogP contribution >= 0.6 is 47.8 Å². The Labute approximate surface area is 857 Å². The molecule has 11 N–H and O–H groups in total. The van der Waals surface area contributed by atoms with Gasteiger partial charge in [0.15, 0.2) is 17.3 Å². The molecule has 0 spiro atoms. The van der Waals surface area contributed by atoms with E-state index in [-0.39, 0.29) is 87.0 Å². The second-order valence-corrected chi connectivity index (χ2v) is 46.1. The molecule has 4 fully saturated rings. The lowest BCUT2D eigenvalue weighted by Crippen LogP contribution is -2.27. The number of anilines is 5. The Kier molecular flexibility index (Phi) is 34.0. The number of rotatable bonds is 15. The molecular formula is C115H127Br3F9N5O10S.